The lowest BCUT2D eigenvalue weighted by Gasteiger charge is -2.33. The molecule has 0 N–H and O–H groups in total. The summed E-state index contributed by atoms with van der Waals surface area (Å²) < 4.78 is 0. The summed E-state index contributed by atoms with van der Waals surface area (Å²) in [5.41, 5.74) is 4.17. The number of nitrogens with zero attached hydrogens (tertiary/aromatic N) is 1. The first-order valence-corrected chi connectivity index (χ1v) is 6.88. The second kappa shape index (κ2) is 4.61. The molecule has 2 atom stereocenters. The van der Waals surface area contributed by atoms with Gasteiger partial charge in [-0.3, -0.25) is 4.98 Å². The van der Waals surface area contributed by atoms with Gasteiger partial charge in [0, 0.05) is 29.1 Å². The van der Waals surface area contributed by atoms with Crippen molar-refractivity contribution in [2.24, 2.45) is 0 Å². The number of hydrogen-bond donors (Lipinski definition) is 0. The van der Waals surface area contributed by atoms with Crippen LogP contribution in [0.1, 0.15) is 22.7 Å². The van der Waals surface area contributed by atoms with Crippen LogP contribution in [0.4, 0.5) is 0 Å². The van der Waals surface area contributed by atoms with Crippen molar-refractivity contribution in [2.45, 2.75) is 23.6 Å². The van der Waals surface area contributed by atoms with Crippen LogP contribution in [0.15, 0.2) is 48.7 Å². The topological polar surface area (TPSA) is 12.9 Å². The molecule has 1 aromatic heterocycles. The molecule has 86 valence electrons. The summed E-state index contributed by atoms with van der Waals surface area (Å²) in [6.07, 6.45) is 4.06. The van der Waals surface area contributed by atoms with Gasteiger partial charge in [0.15, 0.2) is 0 Å². The summed E-state index contributed by atoms with van der Waals surface area (Å²) in [6.45, 7) is 0. The Morgan fingerprint density at radius 2 is 2.00 bits per heavy atom. The first kappa shape index (κ1) is 11.0. The molecule has 0 radical (unpaired) electrons. The second-order valence-corrected chi connectivity index (χ2v) is 5.73. The molecule has 3 rings (SSSR count). The highest BCUT2D eigenvalue weighted by molar-refractivity contribution is 9.09. The summed E-state index contributed by atoms with van der Waals surface area (Å²) in [4.78, 5) is 4.88. The Morgan fingerprint density at radius 3 is 2.76 bits per heavy atom. The summed E-state index contributed by atoms with van der Waals surface area (Å²) in [5, 5.41) is 0. The van der Waals surface area contributed by atoms with Gasteiger partial charge < -0.3 is 0 Å². The van der Waals surface area contributed by atoms with Crippen molar-refractivity contribution in [1.82, 2.24) is 4.98 Å². The van der Waals surface area contributed by atoms with Gasteiger partial charge in [0.1, 0.15) is 0 Å². The molecule has 2 unspecified atom stereocenters. The van der Waals surface area contributed by atoms with Crippen LogP contribution in [0.5, 0.6) is 0 Å². The van der Waals surface area contributed by atoms with Gasteiger partial charge in [0.25, 0.3) is 0 Å². The molecule has 1 nitrogen and oxygen atoms in total. The van der Waals surface area contributed by atoms with E-state index in [1.807, 2.05) is 12.3 Å². The van der Waals surface area contributed by atoms with E-state index in [1.54, 1.807) is 0 Å². The van der Waals surface area contributed by atoms with Crippen molar-refractivity contribution in [3.05, 3.63) is 65.5 Å². The third-order valence-corrected chi connectivity index (χ3v) is 4.42. The Kier molecular flexibility index (Phi) is 2.98. The van der Waals surface area contributed by atoms with Gasteiger partial charge in [-0.1, -0.05) is 46.3 Å². The maximum absolute atomic E-state index is 4.39. The molecule has 0 amide bonds. The van der Waals surface area contributed by atoms with Crippen molar-refractivity contribution in [3.63, 3.8) is 0 Å². The highest BCUT2D eigenvalue weighted by Gasteiger charge is 2.31. The third-order valence-electron chi connectivity index (χ3n) is 3.46. The Labute approximate surface area is 110 Å². The minimum Gasteiger partial charge on any atom is -0.261 e. The summed E-state index contributed by atoms with van der Waals surface area (Å²) in [5.74, 6) is 0.646. The van der Waals surface area contributed by atoms with Gasteiger partial charge in [-0.05, 0) is 29.7 Å². The van der Waals surface area contributed by atoms with Crippen molar-refractivity contribution in [1.29, 1.82) is 0 Å². The van der Waals surface area contributed by atoms with Gasteiger partial charge >= 0.3 is 0 Å². The molecule has 0 fully saturated rings. The fourth-order valence-corrected chi connectivity index (χ4v) is 3.28. The summed E-state index contributed by atoms with van der Waals surface area (Å²) in [6, 6.07) is 14.8. The average Bonchev–Trinajstić information content (AvgIpc) is 2.32. The second-order valence-electron chi connectivity index (χ2n) is 4.55. The van der Waals surface area contributed by atoms with Crippen molar-refractivity contribution in [3.8, 4) is 0 Å². The zero-order chi connectivity index (χ0) is 11.7. The van der Waals surface area contributed by atoms with Crippen LogP contribution in [-0.2, 0) is 12.8 Å². The Bertz CT molecular complexity index is 509. The first-order chi connectivity index (χ1) is 8.34. The Morgan fingerprint density at radius 1 is 1.18 bits per heavy atom. The molecule has 0 saturated carbocycles. The van der Waals surface area contributed by atoms with Crippen LogP contribution in [-0.4, -0.2) is 9.81 Å². The van der Waals surface area contributed by atoms with Crippen LogP contribution in [0.3, 0.4) is 0 Å². The van der Waals surface area contributed by atoms with Crippen LogP contribution in [0.25, 0.3) is 0 Å². The first-order valence-electron chi connectivity index (χ1n) is 5.96. The largest absolute Gasteiger partial charge is 0.261 e. The van der Waals surface area contributed by atoms with Gasteiger partial charge in [-0.15, -0.1) is 0 Å². The number of pyridine rings is 1. The van der Waals surface area contributed by atoms with E-state index >= 15 is 0 Å². The molecule has 0 bridgehead atoms. The molecule has 17 heavy (non-hydrogen) atoms. The molecule has 1 aromatic carbocycles. The van der Waals surface area contributed by atoms with E-state index in [2.05, 4.69) is 57.3 Å². The lowest BCUT2D eigenvalue weighted by Crippen LogP contribution is -2.26. The fraction of sp³-hybridized carbons (Fsp3) is 0.267. The molecule has 1 aliphatic rings. The maximum atomic E-state index is 4.39. The third kappa shape index (κ3) is 2.14. The zero-order valence-corrected chi connectivity index (χ0v) is 11.1. The van der Waals surface area contributed by atoms with E-state index in [-0.39, 0.29) is 0 Å². The number of aromatic nitrogens is 1. The lowest BCUT2D eigenvalue weighted by molar-refractivity contribution is 0.577. The number of benzene rings is 1. The highest BCUT2D eigenvalue weighted by atomic mass is 79.9. The average molecular weight is 288 g/mol. The van der Waals surface area contributed by atoms with Crippen molar-refractivity contribution < 1.29 is 0 Å². The van der Waals surface area contributed by atoms with E-state index in [0.29, 0.717) is 10.7 Å². The van der Waals surface area contributed by atoms with Gasteiger partial charge in [0.2, 0.25) is 0 Å². The van der Waals surface area contributed by atoms with E-state index in [0.717, 1.165) is 6.42 Å². The molecule has 1 aliphatic carbocycles. The van der Waals surface area contributed by atoms with Gasteiger partial charge in [-0.25, -0.2) is 0 Å². The SMILES string of the molecule is BrC(Cc1ccccn1)C1Cc2ccccc21. The van der Waals surface area contributed by atoms with Gasteiger partial charge in [-0.2, -0.15) is 0 Å². The number of halogens is 1. The summed E-state index contributed by atoms with van der Waals surface area (Å²) >= 11 is 3.82. The highest BCUT2D eigenvalue weighted by Crippen LogP contribution is 2.40. The predicted octanol–water partition coefficient (Wildman–Crippen LogP) is 3.73. The molecular weight excluding hydrogens is 274 g/mol. The normalized spacial score (nSPS) is 19.2. The molecule has 1 heterocycles. The van der Waals surface area contributed by atoms with Crippen molar-refractivity contribution in [2.75, 3.05) is 0 Å². The van der Waals surface area contributed by atoms with Crippen LogP contribution in [0.2, 0.25) is 0 Å². The van der Waals surface area contributed by atoms with E-state index in [1.165, 1.54) is 23.2 Å². The number of alkyl halides is 1. The van der Waals surface area contributed by atoms with Crippen molar-refractivity contribution >= 4 is 15.9 Å². The predicted molar refractivity (Wildman–Crippen MR) is 73.5 cm³/mol. The fourth-order valence-electron chi connectivity index (χ4n) is 2.48. The van der Waals surface area contributed by atoms with E-state index in [4.69, 9.17) is 0 Å². The lowest BCUT2D eigenvalue weighted by atomic mass is 9.75. The van der Waals surface area contributed by atoms with E-state index in [9.17, 15) is 0 Å². The molecule has 0 aliphatic heterocycles. The number of fused-ring (bicyclic) bond motifs is 1. The van der Waals surface area contributed by atoms with Crippen LogP contribution in [0, 0.1) is 0 Å². The standard InChI is InChI=1S/C15H14BrN/c16-15(10-12-6-3-4-8-17-12)14-9-11-5-1-2-7-13(11)14/h1-8,14-15H,9-10H2. The number of rotatable bonds is 3. The zero-order valence-electron chi connectivity index (χ0n) is 9.51. The number of hydrogen-bond acceptors (Lipinski definition) is 1. The molecule has 0 saturated heterocycles. The Hall–Kier alpha value is -1.15. The maximum Gasteiger partial charge on any atom is 0.0414 e. The minimum absolute atomic E-state index is 0.493. The monoisotopic (exact) mass is 287 g/mol. The molecule has 0 spiro atoms. The van der Waals surface area contributed by atoms with Crippen LogP contribution >= 0.6 is 15.9 Å². The van der Waals surface area contributed by atoms with Gasteiger partial charge in [0.05, 0.1) is 0 Å². The minimum atomic E-state index is 0.493. The summed E-state index contributed by atoms with van der Waals surface area (Å²) in [7, 11) is 0. The van der Waals surface area contributed by atoms with E-state index < -0.39 is 0 Å². The molecule has 2 aromatic rings. The quantitative estimate of drug-likeness (QED) is 0.784. The van der Waals surface area contributed by atoms with Crippen LogP contribution < -0.4 is 0 Å². The smallest absolute Gasteiger partial charge is 0.0414 e. The molecule has 2 heteroatoms. The molecular formula is C15H14BrN. The Balaban J connectivity index is 1.72.